The van der Waals surface area contributed by atoms with E-state index in [9.17, 15) is 5.11 Å². The number of anilines is 1. The summed E-state index contributed by atoms with van der Waals surface area (Å²) in [4.78, 5) is 2.43. The van der Waals surface area contributed by atoms with E-state index in [1.807, 2.05) is 0 Å². The highest BCUT2D eigenvalue weighted by molar-refractivity contribution is 5.55. The van der Waals surface area contributed by atoms with E-state index < -0.39 is 0 Å². The number of hydrogen-bond donors (Lipinski definition) is 2. The van der Waals surface area contributed by atoms with Crippen LogP contribution in [0.5, 0.6) is 0 Å². The van der Waals surface area contributed by atoms with Crippen LogP contribution >= 0.6 is 0 Å². The zero-order chi connectivity index (χ0) is 13.3. The highest BCUT2D eigenvalue weighted by Crippen LogP contribution is 2.29. The number of aliphatic hydroxyl groups excluding tert-OH is 1. The lowest BCUT2D eigenvalue weighted by Crippen LogP contribution is -2.55. The van der Waals surface area contributed by atoms with Crippen molar-refractivity contribution < 1.29 is 5.11 Å². The SMILES string of the molecule is CC(CO)(CN1CCCc2ccccc21)NC1CC1. The van der Waals surface area contributed by atoms with Gasteiger partial charge in [0.25, 0.3) is 0 Å². The van der Waals surface area contributed by atoms with Crippen molar-refractivity contribution in [2.75, 3.05) is 24.6 Å². The number of aliphatic hydroxyl groups is 1. The van der Waals surface area contributed by atoms with E-state index in [0.29, 0.717) is 6.04 Å². The first-order valence-electron chi connectivity index (χ1n) is 7.42. The fourth-order valence-corrected chi connectivity index (χ4v) is 3.06. The Bertz CT molecular complexity index is 444. The Labute approximate surface area is 115 Å². The van der Waals surface area contributed by atoms with Crippen LogP contribution in [0.1, 0.15) is 31.7 Å². The van der Waals surface area contributed by atoms with Gasteiger partial charge in [-0.15, -0.1) is 0 Å². The molecule has 0 amide bonds. The van der Waals surface area contributed by atoms with Crippen molar-refractivity contribution in [2.45, 2.75) is 44.2 Å². The van der Waals surface area contributed by atoms with Crippen molar-refractivity contribution in [3.05, 3.63) is 29.8 Å². The summed E-state index contributed by atoms with van der Waals surface area (Å²) in [5.41, 5.74) is 2.61. The van der Waals surface area contributed by atoms with Gasteiger partial charge in [0, 0.05) is 24.8 Å². The molecule has 1 atom stereocenters. The molecule has 0 saturated heterocycles. The van der Waals surface area contributed by atoms with Crippen LogP contribution in [-0.2, 0) is 6.42 Å². The molecule has 0 radical (unpaired) electrons. The number of fused-ring (bicyclic) bond motifs is 1. The number of aryl methyl sites for hydroxylation is 1. The summed E-state index contributed by atoms with van der Waals surface area (Å²) in [7, 11) is 0. The Balaban J connectivity index is 1.75. The van der Waals surface area contributed by atoms with Gasteiger partial charge in [0.15, 0.2) is 0 Å². The summed E-state index contributed by atoms with van der Waals surface area (Å²) in [6.07, 6.45) is 4.90. The Morgan fingerprint density at radius 3 is 2.89 bits per heavy atom. The first-order chi connectivity index (χ1) is 9.20. The minimum absolute atomic E-state index is 0.189. The smallest absolute Gasteiger partial charge is 0.0628 e. The van der Waals surface area contributed by atoms with Gasteiger partial charge in [0.2, 0.25) is 0 Å². The lowest BCUT2D eigenvalue weighted by atomic mass is 9.97. The van der Waals surface area contributed by atoms with E-state index in [-0.39, 0.29) is 12.1 Å². The van der Waals surface area contributed by atoms with E-state index >= 15 is 0 Å². The minimum Gasteiger partial charge on any atom is -0.394 e. The van der Waals surface area contributed by atoms with E-state index in [0.717, 1.165) is 13.1 Å². The minimum atomic E-state index is -0.189. The van der Waals surface area contributed by atoms with Crippen LogP contribution in [0.25, 0.3) is 0 Å². The Morgan fingerprint density at radius 1 is 1.37 bits per heavy atom. The molecule has 0 aromatic heterocycles. The first-order valence-corrected chi connectivity index (χ1v) is 7.42. The number of hydrogen-bond acceptors (Lipinski definition) is 3. The molecule has 3 rings (SSSR count). The molecule has 3 heteroatoms. The van der Waals surface area contributed by atoms with E-state index in [1.165, 1.54) is 36.9 Å². The third-order valence-electron chi connectivity index (χ3n) is 4.23. The number of rotatable bonds is 5. The average Bonchev–Trinajstić information content (AvgIpc) is 3.23. The van der Waals surface area contributed by atoms with Crippen molar-refractivity contribution in [1.82, 2.24) is 5.32 Å². The number of para-hydroxylation sites is 1. The predicted octanol–water partition coefficient (Wildman–Crippen LogP) is 1.94. The highest BCUT2D eigenvalue weighted by atomic mass is 16.3. The van der Waals surface area contributed by atoms with Crippen molar-refractivity contribution in [2.24, 2.45) is 0 Å². The third-order valence-corrected chi connectivity index (χ3v) is 4.23. The second-order valence-corrected chi connectivity index (χ2v) is 6.29. The number of nitrogens with one attached hydrogen (secondary N) is 1. The van der Waals surface area contributed by atoms with E-state index in [4.69, 9.17) is 0 Å². The molecule has 1 aliphatic carbocycles. The van der Waals surface area contributed by atoms with Crippen LogP contribution in [-0.4, -0.2) is 36.4 Å². The molecule has 104 valence electrons. The molecule has 2 aliphatic rings. The molecule has 2 N–H and O–H groups in total. The summed E-state index contributed by atoms with van der Waals surface area (Å²) in [6.45, 7) is 4.32. The fraction of sp³-hybridized carbons (Fsp3) is 0.625. The molecule has 1 aromatic rings. The molecule has 0 spiro atoms. The zero-order valence-corrected chi connectivity index (χ0v) is 11.7. The lowest BCUT2D eigenvalue weighted by Gasteiger charge is -2.39. The molecule has 1 heterocycles. The third kappa shape index (κ3) is 2.93. The monoisotopic (exact) mass is 260 g/mol. The van der Waals surface area contributed by atoms with Gasteiger partial charge in [-0.1, -0.05) is 18.2 Å². The molecule has 1 saturated carbocycles. The summed E-state index contributed by atoms with van der Waals surface area (Å²) in [6, 6.07) is 9.30. The summed E-state index contributed by atoms with van der Waals surface area (Å²) in [5, 5.41) is 13.4. The maximum Gasteiger partial charge on any atom is 0.0628 e. The van der Waals surface area contributed by atoms with Crippen LogP contribution in [0, 0.1) is 0 Å². The van der Waals surface area contributed by atoms with Gasteiger partial charge in [-0.3, -0.25) is 0 Å². The Hall–Kier alpha value is -1.06. The maximum atomic E-state index is 9.75. The van der Waals surface area contributed by atoms with Crippen molar-refractivity contribution in [1.29, 1.82) is 0 Å². The molecule has 0 bridgehead atoms. The van der Waals surface area contributed by atoms with Crippen molar-refractivity contribution in [3.8, 4) is 0 Å². The number of benzene rings is 1. The number of nitrogens with zero attached hydrogens (tertiary/aromatic N) is 1. The van der Waals surface area contributed by atoms with Gasteiger partial charge in [-0.25, -0.2) is 0 Å². The largest absolute Gasteiger partial charge is 0.394 e. The standard InChI is InChI=1S/C16H24N2O/c1-16(12-19,17-14-8-9-14)11-18-10-4-6-13-5-2-3-7-15(13)18/h2-3,5,7,14,17,19H,4,6,8-12H2,1H3. The molecular formula is C16H24N2O. The first kappa shape index (κ1) is 12.9. The topological polar surface area (TPSA) is 35.5 Å². The zero-order valence-electron chi connectivity index (χ0n) is 11.7. The van der Waals surface area contributed by atoms with Gasteiger partial charge in [0.05, 0.1) is 12.1 Å². The van der Waals surface area contributed by atoms with Crippen LogP contribution in [0.2, 0.25) is 0 Å². The lowest BCUT2D eigenvalue weighted by molar-refractivity contribution is 0.175. The quantitative estimate of drug-likeness (QED) is 0.849. The second-order valence-electron chi connectivity index (χ2n) is 6.29. The maximum absolute atomic E-state index is 9.75. The Morgan fingerprint density at radius 2 is 2.16 bits per heavy atom. The molecule has 19 heavy (non-hydrogen) atoms. The normalized spacial score (nSPS) is 21.9. The highest BCUT2D eigenvalue weighted by Gasteiger charge is 2.34. The van der Waals surface area contributed by atoms with E-state index in [2.05, 4.69) is 41.4 Å². The molecule has 3 nitrogen and oxygen atoms in total. The van der Waals surface area contributed by atoms with Gasteiger partial charge in [-0.05, 0) is 44.2 Å². The van der Waals surface area contributed by atoms with Gasteiger partial charge >= 0.3 is 0 Å². The van der Waals surface area contributed by atoms with Crippen LogP contribution < -0.4 is 10.2 Å². The summed E-state index contributed by atoms with van der Waals surface area (Å²) >= 11 is 0. The van der Waals surface area contributed by atoms with Crippen LogP contribution in [0.4, 0.5) is 5.69 Å². The Kier molecular flexibility index (Phi) is 3.50. The van der Waals surface area contributed by atoms with Crippen LogP contribution in [0.3, 0.4) is 0 Å². The molecule has 1 aliphatic heterocycles. The predicted molar refractivity (Wildman–Crippen MR) is 78.6 cm³/mol. The van der Waals surface area contributed by atoms with Crippen LogP contribution in [0.15, 0.2) is 24.3 Å². The van der Waals surface area contributed by atoms with E-state index in [1.54, 1.807) is 0 Å². The molecule has 1 fully saturated rings. The van der Waals surface area contributed by atoms with Gasteiger partial charge in [-0.2, -0.15) is 0 Å². The van der Waals surface area contributed by atoms with Gasteiger partial charge in [0.1, 0.15) is 0 Å². The fourth-order valence-electron chi connectivity index (χ4n) is 3.06. The molecule has 1 aromatic carbocycles. The second kappa shape index (κ2) is 5.14. The molecule has 1 unspecified atom stereocenters. The van der Waals surface area contributed by atoms with Crippen molar-refractivity contribution >= 4 is 5.69 Å². The van der Waals surface area contributed by atoms with Crippen molar-refractivity contribution in [3.63, 3.8) is 0 Å². The van der Waals surface area contributed by atoms with Gasteiger partial charge < -0.3 is 15.3 Å². The summed E-state index contributed by atoms with van der Waals surface area (Å²) in [5.74, 6) is 0. The average molecular weight is 260 g/mol. The molecular weight excluding hydrogens is 236 g/mol. The summed E-state index contributed by atoms with van der Waals surface area (Å²) < 4.78 is 0.